The maximum atomic E-state index is 10.1. The smallest absolute Gasteiger partial charge is 0.192 e. The quantitative estimate of drug-likeness (QED) is 0.778. The van der Waals surface area contributed by atoms with Crippen LogP contribution in [0.25, 0.3) is 0 Å². The fourth-order valence-corrected chi connectivity index (χ4v) is 3.63. The average Bonchev–Trinajstić information content (AvgIpc) is 2.63. The average molecular weight is 318 g/mol. The summed E-state index contributed by atoms with van der Waals surface area (Å²) in [7, 11) is -1.78. The van der Waals surface area contributed by atoms with Gasteiger partial charge in [-0.15, -0.1) is 0 Å². The third-order valence-electron chi connectivity index (χ3n) is 4.96. The summed E-state index contributed by atoms with van der Waals surface area (Å²) in [5.74, 6) is -0.641. The van der Waals surface area contributed by atoms with Crippen LogP contribution in [0.2, 0.25) is 18.1 Å². The summed E-state index contributed by atoms with van der Waals surface area (Å²) in [6, 6.07) is 0.0642. The Morgan fingerprint density at radius 1 is 1.24 bits per heavy atom. The number of aliphatic hydroxyl groups excluding tert-OH is 1. The molecular weight excluding hydrogens is 286 g/mol. The predicted octanol–water partition coefficient (Wildman–Crippen LogP) is 1.86. The number of fused-ring (bicyclic) bond motifs is 1. The van der Waals surface area contributed by atoms with Gasteiger partial charge >= 0.3 is 0 Å². The van der Waals surface area contributed by atoms with E-state index in [4.69, 9.17) is 13.9 Å². The van der Waals surface area contributed by atoms with Crippen molar-refractivity contribution in [3.8, 4) is 0 Å². The zero-order valence-corrected chi connectivity index (χ0v) is 15.4. The number of aliphatic hydroxyl groups is 1. The van der Waals surface area contributed by atoms with E-state index in [-0.39, 0.29) is 23.3 Å². The Bertz CT molecular complexity index is 380. The Morgan fingerprint density at radius 3 is 2.38 bits per heavy atom. The minimum absolute atomic E-state index is 0.0642. The van der Waals surface area contributed by atoms with E-state index in [9.17, 15) is 5.11 Å². The second-order valence-electron chi connectivity index (χ2n) is 8.22. The molecule has 2 heterocycles. The number of nitrogens with one attached hydrogen (secondary N) is 1. The zero-order valence-electron chi connectivity index (χ0n) is 14.4. The van der Waals surface area contributed by atoms with E-state index < -0.39 is 20.2 Å². The van der Waals surface area contributed by atoms with Crippen molar-refractivity contribution in [2.45, 2.75) is 82.9 Å². The first-order valence-corrected chi connectivity index (χ1v) is 10.7. The molecule has 0 bridgehead atoms. The lowest BCUT2D eigenvalue weighted by atomic mass is 9.97. The molecule has 4 atom stereocenters. The van der Waals surface area contributed by atoms with Crippen LogP contribution in [-0.4, -0.2) is 56.7 Å². The van der Waals surface area contributed by atoms with Crippen LogP contribution in [0.3, 0.4) is 0 Å². The molecule has 0 aromatic carbocycles. The highest BCUT2D eigenvalue weighted by molar-refractivity contribution is 6.74. The van der Waals surface area contributed by atoms with Crippen LogP contribution in [0, 0.1) is 0 Å². The topological polar surface area (TPSA) is 60.0 Å². The zero-order chi connectivity index (χ0) is 16.1. The molecule has 21 heavy (non-hydrogen) atoms. The van der Waals surface area contributed by atoms with Crippen molar-refractivity contribution in [3.63, 3.8) is 0 Å². The van der Waals surface area contributed by atoms with Crippen LogP contribution < -0.4 is 5.32 Å². The molecule has 2 rings (SSSR count). The molecule has 0 aromatic heterocycles. The van der Waals surface area contributed by atoms with E-state index in [0.717, 1.165) is 0 Å². The van der Waals surface area contributed by atoms with Gasteiger partial charge in [0, 0.05) is 6.54 Å². The lowest BCUT2D eigenvalue weighted by molar-refractivity contribution is -0.153. The van der Waals surface area contributed by atoms with Crippen molar-refractivity contribution >= 4 is 8.32 Å². The Labute approximate surface area is 129 Å². The van der Waals surface area contributed by atoms with Crippen LogP contribution in [0.5, 0.6) is 0 Å². The number of piperidine rings is 1. The molecule has 2 aliphatic heterocycles. The SMILES string of the molecule is CC1(C)O[C@@H]2[C@H](O1)[C@@H](O)CN[C@@H]2CO[Si](C)(C)C(C)(C)C. The van der Waals surface area contributed by atoms with Crippen molar-refractivity contribution in [1.82, 2.24) is 5.32 Å². The van der Waals surface area contributed by atoms with Gasteiger partial charge in [-0.05, 0) is 32.0 Å². The molecular formula is C15H31NO4Si. The molecule has 2 aliphatic rings. The Kier molecular flexibility index (Phi) is 4.62. The van der Waals surface area contributed by atoms with Crippen molar-refractivity contribution in [1.29, 1.82) is 0 Å². The van der Waals surface area contributed by atoms with Crippen LogP contribution in [-0.2, 0) is 13.9 Å². The monoisotopic (exact) mass is 317 g/mol. The first-order valence-electron chi connectivity index (χ1n) is 7.84. The van der Waals surface area contributed by atoms with E-state index >= 15 is 0 Å². The molecule has 0 saturated carbocycles. The van der Waals surface area contributed by atoms with E-state index in [1.807, 2.05) is 13.8 Å². The molecule has 2 N–H and O–H groups in total. The molecule has 124 valence electrons. The van der Waals surface area contributed by atoms with E-state index in [1.165, 1.54) is 0 Å². The van der Waals surface area contributed by atoms with Gasteiger partial charge in [0.1, 0.15) is 12.2 Å². The van der Waals surface area contributed by atoms with Gasteiger partial charge in [0.05, 0.1) is 18.8 Å². The van der Waals surface area contributed by atoms with Gasteiger partial charge in [0.25, 0.3) is 0 Å². The summed E-state index contributed by atoms with van der Waals surface area (Å²) in [5, 5.41) is 13.6. The first kappa shape index (κ1) is 17.4. The normalized spacial score (nSPS) is 36.6. The van der Waals surface area contributed by atoms with E-state index in [0.29, 0.717) is 13.2 Å². The number of rotatable bonds is 3. The predicted molar refractivity (Wildman–Crippen MR) is 84.8 cm³/mol. The molecule has 6 heteroatoms. The molecule has 2 saturated heterocycles. The van der Waals surface area contributed by atoms with Crippen LogP contribution >= 0.6 is 0 Å². The van der Waals surface area contributed by atoms with Gasteiger partial charge in [0.15, 0.2) is 14.1 Å². The van der Waals surface area contributed by atoms with Gasteiger partial charge < -0.3 is 24.3 Å². The molecule has 2 fully saturated rings. The summed E-state index contributed by atoms with van der Waals surface area (Å²) in [6.07, 6.45) is -0.955. The second kappa shape index (κ2) is 5.58. The van der Waals surface area contributed by atoms with Gasteiger partial charge in [0.2, 0.25) is 0 Å². The highest BCUT2D eigenvalue weighted by Gasteiger charge is 2.51. The second-order valence-corrected chi connectivity index (χ2v) is 13.0. The minimum atomic E-state index is -1.78. The third kappa shape index (κ3) is 3.68. The summed E-state index contributed by atoms with van der Waals surface area (Å²) in [5.41, 5.74) is 0. The van der Waals surface area contributed by atoms with Crippen molar-refractivity contribution in [2.24, 2.45) is 0 Å². The van der Waals surface area contributed by atoms with Gasteiger partial charge in [-0.3, -0.25) is 0 Å². The number of hydrogen-bond donors (Lipinski definition) is 2. The highest BCUT2D eigenvalue weighted by atomic mass is 28.4. The fraction of sp³-hybridized carbons (Fsp3) is 1.00. The van der Waals surface area contributed by atoms with Crippen molar-refractivity contribution in [2.75, 3.05) is 13.2 Å². The number of ether oxygens (including phenoxy) is 2. The first-order chi connectivity index (χ1) is 9.43. The fourth-order valence-electron chi connectivity index (χ4n) is 2.60. The number of hydrogen-bond acceptors (Lipinski definition) is 5. The van der Waals surface area contributed by atoms with Crippen molar-refractivity contribution < 1.29 is 19.0 Å². The molecule has 0 spiro atoms. The molecule has 0 unspecified atom stereocenters. The van der Waals surface area contributed by atoms with Crippen LogP contribution in [0.15, 0.2) is 0 Å². The van der Waals surface area contributed by atoms with Gasteiger partial charge in [-0.1, -0.05) is 20.8 Å². The van der Waals surface area contributed by atoms with Gasteiger partial charge in [-0.25, -0.2) is 0 Å². The van der Waals surface area contributed by atoms with Crippen LogP contribution in [0.1, 0.15) is 34.6 Å². The summed E-state index contributed by atoms with van der Waals surface area (Å²) in [4.78, 5) is 0. The highest BCUT2D eigenvalue weighted by Crippen LogP contribution is 2.38. The lowest BCUT2D eigenvalue weighted by Gasteiger charge is -2.40. The Balaban J connectivity index is 2.01. The minimum Gasteiger partial charge on any atom is -0.415 e. The molecule has 0 aromatic rings. The molecule has 0 radical (unpaired) electrons. The molecule has 0 aliphatic carbocycles. The maximum absolute atomic E-state index is 10.1. The Morgan fingerprint density at radius 2 is 1.81 bits per heavy atom. The maximum Gasteiger partial charge on any atom is 0.192 e. The van der Waals surface area contributed by atoms with Gasteiger partial charge in [-0.2, -0.15) is 0 Å². The van der Waals surface area contributed by atoms with E-state index in [2.05, 4.69) is 39.2 Å². The summed E-state index contributed by atoms with van der Waals surface area (Å²) in [6.45, 7) is 16.1. The van der Waals surface area contributed by atoms with Crippen LogP contribution in [0.4, 0.5) is 0 Å². The summed E-state index contributed by atoms with van der Waals surface area (Å²) < 4.78 is 18.1. The molecule has 0 amide bonds. The largest absolute Gasteiger partial charge is 0.415 e. The lowest BCUT2D eigenvalue weighted by Crippen LogP contribution is -2.61. The standard InChI is InChI=1S/C15H31NO4Si/c1-14(2,3)21(6,7)18-9-10-12-13(11(17)8-16-10)20-15(4,5)19-12/h10-13,16-17H,8-9H2,1-7H3/t10-,11+,12+,13-/m1/s1. The molecule has 5 nitrogen and oxygen atoms in total. The Hall–Kier alpha value is 0.0169. The number of β-amino-alcohol motifs (C(OH)–C–C–N with tert-alkyl or cyclic N) is 1. The summed E-state index contributed by atoms with van der Waals surface area (Å²) >= 11 is 0. The van der Waals surface area contributed by atoms with E-state index in [1.54, 1.807) is 0 Å². The van der Waals surface area contributed by atoms with Crippen molar-refractivity contribution in [3.05, 3.63) is 0 Å². The third-order valence-corrected chi connectivity index (χ3v) is 9.46.